The minimum absolute atomic E-state index is 0.134. The standard InChI is InChI=1S/C16H17N3O2/c1-10-3-2-4-11(7-10)8-14-18-13-5-6-17-9-12(13)15(19-14)16(20)21/h2-4,7,17H,5-6,8-9H2,1H3,(H,20,21). The van der Waals surface area contributed by atoms with Crippen LogP contribution in [0.15, 0.2) is 24.3 Å². The number of hydrogen-bond donors (Lipinski definition) is 2. The van der Waals surface area contributed by atoms with Gasteiger partial charge in [-0.25, -0.2) is 14.8 Å². The normalized spacial score (nSPS) is 13.8. The van der Waals surface area contributed by atoms with E-state index in [1.54, 1.807) is 0 Å². The Morgan fingerprint density at radius 3 is 3.00 bits per heavy atom. The number of carbonyl (C=O) groups is 1. The van der Waals surface area contributed by atoms with Crippen LogP contribution in [-0.2, 0) is 19.4 Å². The summed E-state index contributed by atoms with van der Waals surface area (Å²) in [5.41, 5.74) is 3.99. The molecule has 0 radical (unpaired) electrons. The lowest BCUT2D eigenvalue weighted by Gasteiger charge is -2.18. The molecule has 0 atom stereocenters. The second-order valence-corrected chi connectivity index (χ2v) is 5.31. The Morgan fingerprint density at radius 1 is 1.38 bits per heavy atom. The molecule has 0 amide bonds. The Labute approximate surface area is 123 Å². The van der Waals surface area contributed by atoms with Gasteiger partial charge in [-0.2, -0.15) is 0 Å². The van der Waals surface area contributed by atoms with E-state index in [2.05, 4.69) is 21.4 Å². The molecule has 21 heavy (non-hydrogen) atoms. The highest BCUT2D eigenvalue weighted by Crippen LogP contribution is 2.17. The topological polar surface area (TPSA) is 75.1 Å². The molecule has 2 heterocycles. The fraction of sp³-hybridized carbons (Fsp3) is 0.312. The molecule has 1 aromatic heterocycles. The van der Waals surface area contributed by atoms with Gasteiger partial charge < -0.3 is 10.4 Å². The minimum atomic E-state index is -0.983. The van der Waals surface area contributed by atoms with Crippen LogP contribution in [0.25, 0.3) is 0 Å². The monoisotopic (exact) mass is 283 g/mol. The molecule has 0 aliphatic carbocycles. The third kappa shape index (κ3) is 2.92. The highest BCUT2D eigenvalue weighted by molar-refractivity contribution is 5.87. The molecular formula is C16H17N3O2. The number of nitrogens with zero attached hydrogens (tertiary/aromatic N) is 2. The molecule has 0 saturated carbocycles. The number of aryl methyl sites for hydroxylation is 1. The molecule has 5 nitrogen and oxygen atoms in total. The van der Waals surface area contributed by atoms with E-state index >= 15 is 0 Å². The number of carboxylic acid groups (broad SMARTS) is 1. The Hall–Kier alpha value is -2.27. The Morgan fingerprint density at radius 2 is 2.24 bits per heavy atom. The molecule has 5 heteroatoms. The Kier molecular flexibility index (Phi) is 3.66. The number of carboxylic acids is 1. The summed E-state index contributed by atoms with van der Waals surface area (Å²) >= 11 is 0. The molecule has 1 aromatic carbocycles. The van der Waals surface area contributed by atoms with Crippen molar-refractivity contribution in [2.24, 2.45) is 0 Å². The number of aromatic nitrogens is 2. The highest BCUT2D eigenvalue weighted by Gasteiger charge is 2.21. The number of hydrogen-bond acceptors (Lipinski definition) is 4. The Balaban J connectivity index is 1.99. The molecule has 3 rings (SSSR count). The molecule has 0 saturated heterocycles. The van der Waals surface area contributed by atoms with E-state index in [0.29, 0.717) is 18.8 Å². The van der Waals surface area contributed by atoms with E-state index in [4.69, 9.17) is 0 Å². The summed E-state index contributed by atoms with van der Waals surface area (Å²) < 4.78 is 0. The third-order valence-corrected chi connectivity index (χ3v) is 3.63. The van der Waals surface area contributed by atoms with Gasteiger partial charge in [0.15, 0.2) is 5.69 Å². The highest BCUT2D eigenvalue weighted by atomic mass is 16.4. The maximum Gasteiger partial charge on any atom is 0.354 e. The molecule has 108 valence electrons. The van der Waals surface area contributed by atoms with Gasteiger partial charge >= 0.3 is 5.97 Å². The second kappa shape index (κ2) is 5.61. The SMILES string of the molecule is Cc1cccc(Cc2nc3c(c(C(=O)O)n2)CNCC3)c1. The van der Waals surface area contributed by atoms with Crippen LogP contribution in [0, 0.1) is 6.92 Å². The van der Waals surface area contributed by atoms with E-state index in [0.717, 1.165) is 29.8 Å². The molecular weight excluding hydrogens is 266 g/mol. The average molecular weight is 283 g/mol. The van der Waals surface area contributed by atoms with Gasteiger partial charge in [0, 0.05) is 31.5 Å². The zero-order valence-electron chi connectivity index (χ0n) is 11.9. The molecule has 0 bridgehead atoms. The number of benzene rings is 1. The summed E-state index contributed by atoms with van der Waals surface area (Å²) in [5.74, 6) is -0.401. The van der Waals surface area contributed by atoms with E-state index in [9.17, 15) is 9.90 Å². The lowest BCUT2D eigenvalue weighted by molar-refractivity contribution is 0.0688. The molecule has 1 aliphatic rings. The summed E-state index contributed by atoms with van der Waals surface area (Å²) in [6.07, 6.45) is 1.31. The zero-order chi connectivity index (χ0) is 14.8. The smallest absolute Gasteiger partial charge is 0.354 e. The van der Waals surface area contributed by atoms with Crippen molar-refractivity contribution in [1.82, 2.24) is 15.3 Å². The first-order valence-corrected chi connectivity index (χ1v) is 7.01. The first-order valence-electron chi connectivity index (χ1n) is 7.01. The van der Waals surface area contributed by atoms with Crippen molar-refractivity contribution >= 4 is 5.97 Å². The first-order chi connectivity index (χ1) is 10.1. The van der Waals surface area contributed by atoms with Gasteiger partial charge in [0.2, 0.25) is 0 Å². The number of aromatic carboxylic acids is 1. The molecule has 0 spiro atoms. The molecule has 1 aliphatic heterocycles. The van der Waals surface area contributed by atoms with Crippen LogP contribution in [0.5, 0.6) is 0 Å². The van der Waals surface area contributed by atoms with Gasteiger partial charge in [-0.15, -0.1) is 0 Å². The maximum absolute atomic E-state index is 11.4. The minimum Gasteiger partial charge on any atom is -0.476 e. The van der Waals surface area contributed by atoms with Gasteiger partial charge in [-0.1, -0.05) is 29.8 Å². The predicted octanol–water partition coefficient (Wildman–Crippen LogP) is 1.72. The maximum atomic E-state index is 11.4. The van der Waals surface area contributed by atoms with Gasteiger partial charge in [0.25, 0.3) is 0 Å². The number of nitrogens with one attached hydrogen (secondary N) is 1. The largest absolute Gasteiger partial charge is 0.476 e. The second-order valence-electron chi connectivity index (χ2n) is 5.31. The van der Waals surface area contributed by atoms with Gasteiger partial charge in [-0.3, -0.25) is 0 Å². The van der Waals surface area contributed by atoms with Crippen molar-refractivity contribution < 1.29 is 9.90 Å². The summed E-state index contributed by atoms with van der Waals surface area (Å²) in [6.45, 7) is 3.39. The molecule has 0 fully saturated rings. The van der Waals surface area contributed by atoms with Crippen LogP contribution in [0.4, 0.5) is 0 Å². The van der Waals surface area contributed by atoms with Crippen molar-refractivity contribution in [3.63, 3.8) is 0 Å². The van der Waals surface area contributed by atoms with Crippen LogP contribution in [0.3, 0.4) is 0 Å². The van der Waals surface area contributed by atoms with Crippen LogP contribution >= 0.6 is 0 Å². The van der Waals surface area contributed by atoms with E-state index < -0.39 is 5.97 Å². The molecule has 2 aromatic rings. The van der Waals surface area contributed by atoms with Crippen LogP contribution in [-0.4, -0.2) is 27.6 Å². The fourth-order valence-electron chi connectivity index (χ4n) is 2.65. The quantitative estimate of drug-likeness (QED) is 0.897. The van der Waals surface area contributed by atoms with Crippen molar-refractivity contribution in [2.45, 2.75) is 26.3 Å². The van der Waals surface area contributed by atoms with Gasteiger partial charge in [0.1, 0.15) is 5.82 Å². The third-order valence-electron chi connectivity index (χ3n) is 3.63. The predicted molar refractivity (Wildman–Crippen MR) is 78.4 cm³/mol. The van der Waals surface area contributed by atoms with Crippen molar-refractivity contribution in [2.75, 3.05) is 6.54 Å². The van der Waals surface area contributed by atoms with Crippen LogP contribution in [0.2, 0.25) is 0 Å². The van der Waals surface area contributed by atoms with E-state index in [1.807, 2.05) is 25.1 Å². The van der Waals surface area contributed by atoms with Gasteiger partial charge in [0.05, 0.1) is 5.69 Å². The molecule has 0 unspecified atom stereocenters. The first kappa shape index (κ1) is 13.7. The summed E-state index contributed by atoms with van der Waals surface area (Å²) in [6, 6.07) is 8.11. The number of fused-ring (bicyclic) bond motifs is 1. The van der Waals surface area contributed by atoms with Crippen molar-refractivity contribution in [3.8, 4) is 0 Å². The zero-order valence-corrected chi connectivity index (χ0v) is 11.9. The lowest BCUT2D eigenvalue weighted by atomic mass is 10.0. The van der Waals surface area contributed by atoms with Gasteiger partial charge in [-0.05, 0) is 12.5 Å². The lowest BCUT2D eigenvalue weighted by Crippen LogP contribution is -2.28. The van der Waals surface area contributed by atoms with Crippen molar-refractivity contribution in [3.05, 3.63) is 58.2 Å². The van der Waals surface area contributed by atoms with Crippen molar-refractivity contribution in [1.29, 1.82) is 0 Å². The summed E-state index contributed by atoms with van der Waals surface area (Å²) in [7, 11) is 0. The van der Waals surface area contributed by atoms with E-state index in [1.165, 1.54) is 5.56 Å². The summed E-state index contributed by atoms with van der Waals surface area (Å²) in [4.78, 5) is 20.2. The average Bonchev–Trinajstić information content (AvgIpc) is 2.46. The van der Waals surface area contributed by atoms with E-state index in [-0.39, 0.29) is 5.69 Å². The van der Waals surface area contributed by atoms with Crippen LogP contribution < -0.4 is 5.32 Å². The molecule has 2 N–H and O–H groups in total. The van der Waals surface area contributed by atoms with Crippen LogP contribution in [0.1, 0.15) is 38.7 Å². The Bertz CT molecular complexity index is 698. The summed E-state index contributed by atoms with van der Waals surface area (Å²) in [5, 5.41) is 12.5. The fourth-order valence-corrected chi connectivity index (χ4v) is 2.65. The number of rotatable bonds is 3.